The van der Waals surface area contributed by atoms with Crippen molar-refractivity contribution in [2.45, 2.75) is 6.10 Å². The van der Waals surface area contributed by atoms with Gasteiger partial charge >= 0.3 is 5.97 Å². The normalized spacial score (nSPS) is 12.9. The number of aliphatic carboxylic acids is 1. The molecule has 1 heterocycles. The Kier molecular flexibility index (Phi) is 1.59. The zero-order valence-electron chi connectivity index (χ0n) is 4.72. The summed E-state index contributed by atoms with van der Waals surface area (Å²) in [4.78, 5) is 10.0. The highest BCUT2D eigenvalue weighted by molar-refractivity contribution is 5.72. The van der Waals surface area contributed by atoms with Crippen LogP contribution in [0.5, 0.6) is 0 Å². The lowest BCUT2D eigenvalue weighted by atomic mass is 10.3. The summed E-state index contributed by atoms with van der Waals surface area (Å²) in [6.07, 6.45) is -1.70. The van der Waals surface area contributed by atoms with Gasteiger partial charge in [0, 0.05) is 0 Å². The molecule has 1 unspecified atom stereocenters. The van der Waals surface area contributed by atoms with Crippen molar-refractivity contribution in [2.75, 3.05) is 0 Å². The van der Waals surface area contributed by atoms with Crippen molar-refractivity contribution in [3.63, 3.8) is 0 Å². The molecule has 1 rings (SSSR count). The fraction of sp³-hybridized carbons (Fsp3) is 0.333. The molecular formula is C3H4N4O3. The number of tetrazole rings is 1. The van der Waals surface area contributed by atoms with E-state index < -0.39 is 12.1 Å². The Morgan fingerprint density at radius 3 is 2.80 bits per heavy atom. The molecule has 0 saturated heterocycles. The first kappa shape index (κ1) is 6.62. The number of aromatic nitrogens is 4. The summed E-state index contributed by atoms with van der Waals surface area (Å²) < 4.78 is 0. The van der Waals surface area contributed by atoms with Crippen LogP contribution in [0.1, 0.15) is 11.9 Å². The predicted molar refractivity (Wildman–Crippen MR) is 26.8 cm³/mol. The van der Waals surface area contributed by atoms with Gasteiger partial charge in [-0.05, 0) is 0 Å². The van der Waals surface area contributed by atoms with Crippen molar-refractivity contribution >= 4 is 5.97 Å². The highest BCUT2D eigenvalue weighted by Crippen LogP contribution is 2.02. The van der Waals surface area contributed by atoms with E-state index in [9.17, 15) is 4.79 Å². The minimum atomic E-state index is -1.70. The van der Waals surface area contributed by atoms with E-state index in [0.717, 1.165) is 0 Å². The standard InChI is InChI=1S/C3H4N4O3/c8-1(3(9)10)2-4-6-7-5-2/h1,8H,(H,9,10)(H,4,5,6,7). The van der Waals surface area contributed by atoms with Gasteiger partial charge in [0.15, 0.2) is 0 Å². The molecule has 0 aliphatic heterocycles. The Labute approximate surface area is 54.7 Å². The number of aliphatic hydroxyl groups excluding tert-OH is 1. The van der Waals surface area contributed by atoms with E-state index in [1.54, 1.807) is 0 Å². The van der Waals surface area contributed by atoms with Gasteiger partial charge in [-0.15, -0.1) is 10.2 Å². The predicted octanol–water partition coefficient (Wildman–Crippen LogP) is -1.68. The Balaban J connectivity index is 2.77. The lowest BCUT2D eigenvalue weighted by Gasteiger charge is -1.95. The summed E-state index contributed by atoms with van der Waals surface area (Å²) >= 11 is 0. The second kappa shape index (κ2) is 2.40. The SMILES string of the molecule is O=C(O)C(O)c1nn[nH]n1. The highest BCUT2D eigenvalue weighted by atomic mass is 16.4. The summed E-state index contributed by atoms with van der Waals surface area (Å²) in [6, 6.07) is 0. The van der Waals surface area contributed by atoms with Crippen molar-refractivity contribution in [1.82, 2.24) is 20.6 Å². The number of nitrogens with zero attached hydrogens (tertiary/aromatic N) is 3. The largest absolute Gasteiger partial charge is 0.479 e. The molecule has 3 N–H and O–H groups in total. The van der Waals surface area contributed by atoms with Gasteiger partial charge in [0.25, 0.3) is 0 Å². The molecule has 0 amide bonds. The monoisotopic (exact) mass is 144 g/mol. The summed E-state index contributed by atoms with van der Waals surface area (Å²) in [7, 11) is 0. The second-order valence-electron chi connectivity index (χ2n) is 1.51. The van der Waals surface area contributed by atoms with Gasteiger partial charge in [-0.1, -0.05) is 5.21 Å². The smallest absolute Gasteiger partial charge is 0.340 e. The van der Waals surface area contributed by atoms with Crippen LogP contribution in [0, 0.1) is 0 Å². The molecule has 0 fully saturated rings. The summed E-state index contributed by atoms with van der Waals surface area (Å²) in [6.45, 7) is 0. The summed E-state index contributed by atoms with van der Waals surface area (Å²) in [5.41, 5.74) is 0. The van der Waals surface area contributed by atoms with Gasteiger partial charge in [0.05, 0.1) is 0 Å². The van der Waals surface area contributed by atoms with Crippen LogP contribution in [0.25, 0.3) is 0 Å². The molecule has 0 saturated carbocycles. The van der Waals surface area contributed by atoms with Crippen molar-refractivity contribution in [2.24, 2.45) is 0 Å². The molecule has 0 radical (unpaired) electrons. The molecule has 54 valence electrons. The maximum atomic E-state index is 10.0. The number of carboxylic acids is 1. The minimum absolute atomic E-state index is 0.243. The van der Waals surface area contributed by atoms with E-state index in [1.807, 2.05) is 5.21 Å². The van der Waals surface area contributed by atoms with E-state index in [1.165, 1.54) is 0 Å². The zero-order valence-corrected chi connectivity index (χ0v) is 4.72. The molecule has 0 aliphatic rings. The number of carbonyl (C=O) groups is 1. The quantitative estimate of drug-likeness (QED) is 0.457. The maximum absolute atomic E-state index is 10.0. The van der Waals surface area contributed by atoms with E-state index in [2.05, 4.69) is 15.4 Å². The highest BCUT2D eigenvalue weighted by Gasteiger charge is 2.19. The number of hydrogen-bond donors (Lipinski definition) is 3. The third-order valence-electron chi connectivity index (χ3n) is 0.840. The molecule has 10 heavy (non-hydrogen) atoms. The number of nitrogens with one attached hydrogen (secondary N) is 1. The molecule has 0 spiro atoms. The Morgan fingerprint density at radius 1 is 1.70 bits per heavy atom. The van der Waals surface area contributed by atoms with E-state index in [-0.39, 0.29) is 5.82 Å². The fourth-order valence-electron chi connectivity index (χ4n) is 0.396. The first-order valence-corrected chi connectivity index (χ1v) is 2.36. The Hall–Kier alpha value is -1.50. The number of aromatic amines is 1. The van der Waals surface area contributed by atoms with E-state index >= 15 is 0 Å². The number of rotatable bonds is 2. The Morgan fingerprint density at radius 2 is 2.40 bits per heavy atom. The lowest BCUT2D eigenvalue weighted by Crippen LogP contribution is -2.11. The third kappa shape index (κ3) is 1.08. The van der Waals surface area contributed by atoms with Crippen molar-refractivity contribution in [3.8, 4) is 0 Å². The molecule has 1 atom stereocenters. The van der Waals surface area contributed by atoms with Crippen LogP contribution in [-0.4, -0.2) is 36.8 Å². The molecule has 7 heteroatoms. The van der Waals surface area contributed by atoms with Gasteiger partial charge in [-0.25, -0.2) is 4.79 Å². The Bertz CT molecular complexity index is 220. The zero-order chi connectivity index (χ0) is 7.56. The van der Waals surface area contributed by atoms with E-state index in [0.29, 0.717) is 0 Å². The lowest BCUT2D eigenvalue weighted by molar-refractivity contribution is -0.147. The first-order chi connectivity index (χ1) is 4.72. The molecule has 7 nitrogen and oxygen atoms in total. The molecule has 0 bridgehead atoms. The van der Waals surface area contributed by atoms with Crippen molar-refractivity contribution in [3.05, 3.63) is 5.82 Å². The topological polar surface area (TPSA) is 112 Å². The average Bonchev–Trinajstić information content (AvgIpc) is 2.36. The third-order valence-corrected chi connectivity index (χ3v) is 0.840. The summed E-state index contributed by atoms with van der Waals surface area (Å²) in [5.74, 6) is -1.64. The number of hydrogen-bond acceptors (Lipinski definition) is 5. The van der Waals surface area contributed by atoms with Gasteiger partial charge in [0.2, 0.25) is 11.9 Å². The van der Waals surface area contributed by atoms with Gasteiger partial charge in [-0.2, -0.15) is 5.21 Å². The van der Waals surface area contributed by atoms with Crippen LogP contribution in [0.4, 0.5) is 0 Å². The summed E-state index contributed by atoms with van der Waals surface area (Å²) in [5, 5.41) is 28.5. The fourth-order valence-corrected chi connectivity index (χ4v) is 0.396. The van der Waals surface area contributed by atoms with Crippen LogP contribution in [0.3, 0.4) is 0 Å². The van der Waals surface area contributed by atoms with Crippen LogP contribution in [-0.2, 0) is 4.79 Å². The minimum Gasteiger partial charge on any atom is -0.479 e. The number of carboxylic acid groups (broad SMARTS) is 1. The van der Waals surface area contributed by atoms with Crippen LogP contribution < -0.4 is 0 Å². The molecule has 0 aromatic carbocycles. The second-order valence-corrected chi connectivity index (χ2v) is 1.51. The van der Waals surface area contributed by atoms with E-state index in [4.69, 9.17) is 10.2 Å². The van der Waals surface area contributed by atoms with Crippen LogP contribution in [0.15, 0.2) is 0 Å². The van der Waals surface area contributed by atoms with Gasteiger partial charge in [-0.3, -0.25) is 0 Å². The molecule has 1 aromatic rings. The van der Waals surface area contributed by atoms with Crippen molar-refractivity contribution < 1.29 is 15.0 Å². The number of H-pyrrole nitrogens is 1. The maximum Gasteiger partial charge on any atom is 0.340 e. The van der Waals surface area contributed by atoms with Gasteiger partial charge in [0.1, 0.15) is 0 Å². The van der Waals surface area contributed by atoms with Crippen molar-refractivity contribution in [1.29, 1.82) is 0 Å². The van der Waals surface area contributed by atoms with Crippen LogP contribution in [0.2, 0.25) is 0 Å². The molecule has 1 aromatic heterocycles. The number of aliphatic hydroxyl groups is 1. The first-order valence-electron chi connectivity index (χ1n) is 2.36. The average molecular weight is 144 g/mol. The van der Waals surface area contributed by atoms with Gasteiger partial charge < -0.3 is 10.2 Å². The van der Waals surface area contributed by atoms with Crippen LogP contribution >= 0.6 is 0 Å². The molecule has 0 aliphatic carbocycles. The molecular weight excluding hydrogens is 140 g/mol.